The molecule has 126 valence electrons. The van der Waals surface area contributed by atoms with Crippen LogP contribution in [0.1, 0.15) is 27.0 Å². The minimum absolute atomic E-state index is 0.100. The number of carbonyl (C=O) groups excluding carboxylic acids is 1. The molecule has 0 bridgehead atoms. The zero-order chi connectivity index (χ0) is 17.9. The summed E-state index contributed by atoms with van der Waals surface area (Å²) < 4.78 is 26.1. The molecule has 1 amide bonds. The van der Waals surface area contributed by atoms with Crippen LogP contribution in [-0.2, 0) is 11.2 Å². The summed E-state index contributed by atoms with van der Waals surface area (Å²) in [6.45, 7) is 3.72. The van der Waals surface area contributed by atoms with Crippen molar-refractivity contribution in [3.05, 3.63) is 70.3 Å². The Morgan fingerprint density at radius 3 is 2.25 bits per heavy atom. The van der Waals surface area contributed by atoms with E-state index in [1.165, 1.54) is 0 Å². The van der Waals surface area contributed by atoms with E-state index in [2.05, 4.69) is 5.32 Å². The molecule has 0 unspecified atom stereocenters. The van der Waals surface area contributed by atoms with E-state index in [1.54, 1.807) is 0 Å². The molecule has 24 heavy (non-hydrogen) atoms. The lowest BCUT2D eigenvalue weighted by atomic mass is 9.96. The van der Waals surface area contributed by atoms with Crippen LogP contribution in [0.15, 0.2) is 36.4 Å². The van der Waals surface area contributed by atoms with Crippen LogP contribution in [0.5, 0.6) is 0 Å². The standard InChI is InChI=1S/C18H17F2NO3/c1-10-4-3-5-11(2)13(10)9-16(18(23)24)21-17(22)12-6-7-14(19)15(20)8-12/h3-8,16H,9H2,1-2H3,(H,21,22)(H,23,24)/t16-/m0/s1. The Bertz CT molecular complexity index is 770. The number of carboxylic acid groups (broad SMARTS) is 1. The number of benzene rings is 2. The van der Waals surface area contributed by atoms with Crippen LogP contribution in [0, 0.1) is 25.5 Å². The van der Waals surface area contributed by atoms with Crippen molar-refractivity contribution in [3.63, 3.8) is 0 Å². The van der Waals surface area contributed by atoms with Crippen LogP contribution in [0.2, 0.25) is 0 Å². The molecule has 0 aromatic heterocycles. The molecule has 0 aliphatic heterocycles. The Morgan fingerprint density at radius 2 is 1.71 bits per heavy atom. The lowest BCUT2D eigenvalue weighted by Gasteiger charge is -2.17. The van der Waals surface area contributed by atoms with Gasteiger partial charge in [-0.15, -0.1) is 0 Å². The van der Waals surface area contributed by atoms with Gasteiger partial charge in [0, 0.05) is 12.0 Å². The number of aryl methyl sites for hydroxylation is 2. The monoisotopic (exact) mass is 333 g/mol. The smallest absolute Gasteiger partial charge is 0.326 e. The highest BCUT2D eigenvalue weighted by molar-refractivity contribution is 5.96. The molecule has 2 N–H and O–H groups in total. The van der Waals surface area contributed by atoms with Gasteiger partial charge in [-0.25, -0.2) is 13.6 Å². The highest BCUT2D eigenvalue weighted by Gasteiger charge is 2.23. The van der Waals surface area contributed by atoms with E-state index in [-0.39, 0.29) is 12.0 Å². The summed E-state index contributed by atoms with van der Waals surface area (Å²) in [7, 11) is 0. The minimum atomic E-state index is -1.20. The molecule has 1 atom stereocenters. The lowest BCUT2D eigenvalue weighted by Crippen LogP contribution is -2.42. The third-order valence-corrected chi connectivity index (χ3v) is 3.84. The van der Waals surface area contributed by atoms with Crippen molar-refractivity contribution in [1.82, 2.24) is 5.32 Å². The van der Waals surface area contributed by atoms with E-state index in [1.807, 2.05) is 32.0 Å². The van der Waals surface area contributed by atoms with Crippen molar-refractivity contribution >= 4 is 11.9 Å². The van der Waals surface area contributed by atoms with Gasteiger partial charge in [-0.3, -0.25) is 4.79 Å². The second kappa shape index (κ2) is 7.21. The van der Waals surface area contributed by atoms with Gasteiger partial charge in [0.2, 0.25) is 0 Å². The Morgan fingerprint density at radius 1 is 1.08 bits per heavy atom. The molecule has 6 heteroatoms. The van der Waals surface area contributed by atoms with Gasteiger partial charge in [0.25, 0.3) is 5.91 Å². The van der Waals surface area contributed by atoms with Gasteiger partial charge in [0.1, 0.15) is 6.04 Å². The summed E-state index contributed by atoms with van der Waals surface area (Å²) in [5, 5.41) is 11.7. The first-order valence-corrected chi connectivity index (χ1v) is 7.33. The number of aliphatic carboxylic acids is 1. The predicted molar refractivity (Wildman–Crippen MR) is 84.9 cm³/mol. The van der Waals surface area contributed by atoms with Crippen LogP contribution in [0.4, 0.5) is 8.78 Å². The van der Waals surface area contributed by atoms with Crippen molar-refractivity contribution in [2.24, 2.45) is 0 Å². The molecule has 2 rings (SSSR count). The van der Waals surface area contributed by atoms with Gasteiger partial charge < -0.3 is 10.4 Å². The van der Waals surface area contributed by atoms with Crippen LogP contribution in [0.3, 0.4) is 0 Å². The van der Waals surface area contributed by atoms with E-state index in [9.17, 15) is 23.5 Å². The molecule has 2 aromatic rings. The second-order valence-corrected chi connectivity index (χ2v) is 5.57. The first-order chi connectivity index (χ1) is 11.3. The lowest BCUT2D eigenvalue weighted by molar-refractivity contribution is -0.139. The highest BCUT2D eigenvalue weighted by Crippen LogP contribution is 2.16. The first kappa shape index (κ1) is 17.6. The fraction of sp³-hybridized carbons (Fsp3) is 0.222. The fourth-order valence-corrected chi connectivity index (χ4v) is 2.45. The number of halogens is 2. The Hall–Kier alpha value is -2.76. The van der Waals surface area contributed by atoms with Crippen LogP contribution in [0.25, 0.3) is 0 Å². The molecule has 0 heterocycles. The quantitative estimate of drug-likeness (QED) is 0.884. The van der Waals surface area contributed by atoms with E-state index >= 15 is 0 Å². The Labute approximate surface area is 138 Å². The zero-order valence-electron chi connectivity index (χ0n) is 13.3. The average Bonchev–Trinajstić information content (AvgIpc) is 2.52. The largest absolute Gasteiger partial charge is 0.480 e. The third kappa shape index (κ3) is 3.95. The van der Waals surface area contributed by atoms with E-state index < -0.39 is 29.6 Å². The number of nitrogens with one attached hydrogen (secondary N) is 1. The molecule has 0 aliphatic carbocycles. The van der Waals surface area contributed by atoms with Crippen molar-refractivity contribution in [2.45, 2.75) is 26.3 Å². The van der Waals surface area contributed by atoms with Crippen molar-refractivity contribution in [3.8, 4) is 0 Å². The average molecular weight is 333 g/mol. The number of hydrogen-bond acceptors (Lipinski definition) is 2. The second-order valence-electron chi connectivity index (χ2n) is 5.57. The molecule has 0 saturated heterocycles. The Kier molecular flexibility index (Phi) is 5.28. The molecule has 0 spiro atoms. The van der Waals surface area contributed by atoms with Gasteiger partial charge in [-0.1, -0.05) is 18.2 Å². The molecule has 0 fully saturated rings. The van der Waals surface area contributed by atoms with E-state index in [0.717, 1.165) is 34.9 Å². The summed E-state index contributed by atoms with van der Waals surface area (Å²) in [5.74, 6) is -4.21. The van der Waals surface area contributed by atoms with Crippen molar-refractivity contribution in [1.29, 1.82) is 0 Å². The maximum absolute atomic E-state index is 13.2. The normalized spacial score (nSPS) is 11.8. The first-order valence-electron chi connectivity index (χ1n) is 7.33. The summed E-state index contributed by atoms with van der Waals surface area (Å²) in [6.07, 6.45) is 0.100. The Balaban J connectivity index is 2.21. The molecule has 2 aromatic carbocycles. The maximum Gasteiger partial charge on any atom is 0.326 e. The van der Waals surface area contributed by atoms with Crippen LogP contribution >= 0.6 is 0 Å². The molecular weight excluding hydrogens is 316 g/mol. The summed E-state index contributed by atoms with van der Waals surface area (Å²) >= 11 is 0. The van der Waals surface area contributed by atoms with Gasteiger partial charge in [-0.2, -0.15) is 0 Å². The molecular formula is C18H17F2NO3. The minimum Gasteiger partial charge on any atom is -0.480 e. The van der Waals surface area contributed by atoms with Crippen LogP contribution < -0.4 is 5.32 Å². The van der Waals surface area contributed by atoms with E-state index in [4.69, 9.17) is 0 Å². The molecule has 4 nitrogen and oxygen atoms in total. The fourth-order valence-electron chi connectivity index (χ4n) is 2.45. The summed E-state index contributed by atoms with van der Waals surface area (Å²) in [4.78, 5) is 23.6. The number of rotatable bonds is 5. The van der Waals surface area contributed by atoms with Crippen molar-refractivity contribution < 1.29 is 23.5 Å². The zero-order valence-corrected chi connectivity index (χ0v) is 13.3. The summed E-state index contributed by atoms with van der Waals surface area (Å²) in [5.41, 5.74) is 2.53. The van der Waals surface area contributed by atoms with Gasteiger partial charge in [0.15, 0.2) is 11.6 Å². The maximum atomic E-state index is 13.2. The molecule has 0 aliphatic rings. The molecule has 0 saturated carbocycles. The van der Waals surface area contributed by atoms with Crippen molar-refractivity contribution in [2.75, 3.05) is 0 Å². The molecule has 0 radical (unpaired) electrons. The van der Waals surface area contributed by atoms with Gasteiger partial charge in [0.05, 0.1) is 0 Å². The van der Waals surface area contributed by atoms with Gasteiger partial charge >= 0.3 is 5.97 Å². The third-order valence-electron chi connectivity index (χ3n) is 3.84. The van der Waals surface area contributed by atoms with Gasteiger partial charge in [-0.05, 0) is 48.7 Å². The highest BCUT2D eigenvalue weighted by atomic mass is 19.2. The number of carbonyl (C=O) groups is 2. The van der Waals surface area contributed by atoms with E-state index in [0.29, 0.717) is 0 Å². The number of carboxylic acids is 1. The predicted octanol–water partition coefficient (Wildman–Crippen LogP) is 3.01. The SMILES string of the molecule is Cc1cccc(C)c1C[C@H](NC(=O)c1ccc(F)c(F)c1)C(=O)O. The van der Waals surface area contributed by atoms with Crippen LogP contribution in [-0.4, -0.2) is 23.0 Å². The topological polar surface area (TPSA) is 66.4 Å². The number of hydrogen-bond donors (Lipinski definition) is 2. The summed E-state index contributed by atoms with van der Waals surface area (Å²) in [6, 6.07) is 7.07. The number of amides is 1.